The summed E-state index contributed by atoms with van der Waals surface area (Å²) in [5.41, 5.74) is 5.73. The number of carbonyl (C=O) groups excluding carboxylic acids is 1. The molecule has 3 N–H and O–H groups in total. The van der Waals surface area contributed by atoms with Gasteiger partial charge >= 0.3 is 0 Å². The maximum atomic E-state index is 12.0. The molecule has 0 aliphatic heterocycles. The van der Waals surface area contributed by atoms with Crippen LogP contribution < -0.4 is 11.1 Å². The standard InChI is InChI=1S/C15H31N3O/c1-5-8-18(11-12-6-7-12)13(10-16)9-14(19)17-15(2,3)4/h12-13H,5-11,16H2,1-4H3,(H,17,19). The van der Waals surface area contributed by atoms with Crippen LogP contribution in [-0.2, 0) is 4.79 Å². The molecule has 1 saturated carbocycles. The lowest BCUT2D eigenvalue weighted by atomic mass is 10.1. The molecule has 0 aromatic heterocycles. The summed E-state index contributed by atoms with van der Waals surface area (Å²) in [6, 6.07) is 0.183. The number of rotatable bonds is 8. The third-order valence-electron chi connectivity index (χ3n) is 3.42. The number of nitrogens with one attached hydrogen (secondary N) is 1. The van der Waals surface area contributed by atoms with Gasteiger partial charge < -0.3 is 11.1 Å². The summed E-state index contributed by atoms with van der Waals surface area (Å²) in [6.45, 7) is 10.9. The molecule has 1 rings (SSSR count). The molecule has 0 bridgehead atoms. The maximum Gasteiger partial charge on any atom is 0.222 e. The van der Waals surface area contributed by atoms with Gasteiger partial charge in [0.2, 0.25) is 5.91 Å². The highest BCUT2D eigenvalue weighted by molar-refractivity contribution is 5.77. The van der Waals surface area contributed by atoms with Crippen LogP contribution in [0.4, 0.5) is 0 Å². The van der Waals surface area contributed by atoms with Crippen molar-refractivity contribution >= 4 is 5.91 Å². The molecule has 0 saturated heterocycles. The van der Waals surface area contributed by atoms with Crippen LogP contribution >= 0.6 is 0 Å². The van der Waals surface area contributed by atoms with Gasteiger partial charge in [0.25, 0.3) is 0 Å². The molecule has 1 unspecified atom stereocenters. The number of carbonyl (C=O) groups is 1. The Kier molecular flexibility index (Phi) is 6.27. The van der Waals surface area contributed by atoms with E-state index < -0.39 is 0 Å². The van der Waals surface area contributed by atoms with E-state index in [0.717, 1.165) is 25.4 Å². The molecule has 0 aromatic rings. The van der Waals surface area contributed by atoms with Crippen LogP contribution in [0.2, 0.25) is 0 Å². The largest absolute Gasteiger partial charge is 0.351 e. The van der Waals surface area contributed by atoms with Crippen LogP contribution in [0, 0.1) is 5.92 Å². The van der Waals surface area contributed by atoms with E-state index in [4.69, 9.17) is 5.73 Å². The third-order valence-corrected chi connectivity index (χ3v) is 3.42. The Hall–Kier alpha value is -0.610. The van der Waals surface area contributed by atoms with Crippen molar-refractivity contribution in [2.75, 3.05) is 19.6 Å². The fourth-order valence-electron chi connectivity index (χ4n) is 2.39. The van der Waals surface area contributed by atoms with Crippen molar-refractivity contribution in [2.45, 2.75) is 65.0 Å². The number of hydrogen-bond donors (Lipinski definition) is 2. The van der Waals surface area contributed by atoms with Gasteiger partial charge in [-0.1, -0.05) is 6.92 Å². The molecule has 1 fully saturated rings. The minimum atomic E-state index is -0.164. The first-order valence-electron chi connectivity index (χ1n) is 7.60. The molecule has 1 atom stereocenters. The minimum Gasteiger partial charge on any atom is -0.351 e. The predicted molar refractivity (Wildman–Crippen MR) is 79.9 cm³/mol. The van der Waals surface area contributed by atoms with Crippen molar-refractivity contribution in [1.29, 1.82) is 0 Å². The van der Waals surface area contributed by atoms with Gasteiger partial charge in [0.15, 0.2) is 0 Å². The Balaban J connectivity index is 2.50. The zero-order valence-electron chi connectivity index (χ0n) is 13.0. The van der Waals surface area contributed by atoms with Gasteiger partial charge in [0.1, 0.15) is 0 Å². The minimum absolute atomic E-state index is 0.111. The zero-order valence-corrected chi connectivity index (χ0v) is 13.0. The lowest BCUT2D eigenvalue weighted by Gasteiger charge is -2.31. The Morgan fingerprint density at radius 2 is 2.05 bits per heavy atom. The first-order valence-corrected chi connectivity index (χ1v) is 7.60. The maximum absolute atomic E-state index is 12.0. The number of hydrogen-bond acceptors (Lipinski definition) is 3. The van der Waals surface area contributed by atoms with Crippen molar-refractivity contribution in [3.8, 4) is 0 Å². The van der Waals surface area contributed by atoms with Gasteiger partial charge in [-0.25, -0.2) is 0 Å². The van der Waals surface area contributed by atoms with Crippen LogP contribution in [0.1, 0.15) is 53.4 Å². The van der Waals surface area contributed by atoms with E-state index in [1.807, 2.05) is 20.8 Å². The van der Waals surface area contributed by atoms with Crippen LogP contribution in [-0.4, -0.2) is 42.0 Å². The molecule has 4 heteroatoms. The predicted octanol–water partition coefficient (Wildman–Crippen LogP) is 1.74. The van der Waals surface area contributed by atoms with E-state index in [1.54, 1.807) is 0 Å². The molecule has 0 heterocycles. The van der Waals surface area contributed by atoms with Gasteiger partial charge in [-0.05, 0) is 52.5 Å². The van der Waals surface area contributed by atoms with Crippen LogP contribution in [0.25, 0.3) is 0 Å². The number of nitrogens with zero attached hydrogens (tertiary/aromatic N) is 1. The Morgan fingerprint density at radius 3 is 2.47 bits per heavy atom. The molecule has 19 heavy (non-hydrogen) atoms. The summed E-state index contributed by atoms with van der Waals surface area (Å²) >= 11 is 0. The molecular weight excluding hydrogens is 238 g/mol. The lowest BCUT2D eigenvalue weighted by Crippen LogP contribution is -2.48. The van der Waals surface area contributed by atoms with Crippen LogP contribution in [0.15, 0.2) is 0 Å². The van der Waals surface area contributed by atoms with E-state index in [-0.39, 0.29) is 17.5 Å². The van der Waals surface area contributed by atoms with Crippen molar-refractivity contribution in [1.82, 2.24) is 10.2 Å². The molecule has 0 spiro atoms. The van der Waals surface area contributed by atoms with Crippen LogP contribution in [0.3, 0.4) is 0 Å². The van der Waals surface area contributed by atoms with Crippen molar-refractivity contribution in [3.63, 3.8) is 0 Å². The number of nitrogens with two attached hydrogens (primary N) is 1. The van der Waals surface area contributed by atoms with E-state index in [0.29, 0.717) is 13.0 Å². The summed E-state index contributed by atoms with van der Waals surface area (Å²) in [6.07, 6.45) is 4.31. The van der Waals surface area contributed by atoms with Gasteiger partial charge in [-0.2, -0.15) is 0 Å². The topological polar surface area (TPSA) is 58.4 Å². The monoisotopic (exact) mass is 269 g/mol. The summed E-state index contributed by atoms with van der Waals surface area (Å²) in [5, 5.41) is 3.03. The normalized spacial score (nSPS) is 17.6. The van der Waals surface area contributed by atoms with Gasteiger partial charge in [0.05, 0.1) is 0 Å². The Labute approximate surface area is 118 Å². The molecule has 4 nitrogen and oxygen atoms in total. The quantitative estimate of drug-likeness (QED) is 0.705. The highest BCUT2D eigenvalue weighted by Gasteiger charge is 2.28. The first-order chi connectivity index (χ1) is 8.85. The van der Waals surface area contributed by atoms with Crippen LogP contribution in [0.5, 0.6) is 0 Å². The highest BCUT2D eigenvalue weighted by atomic mass is 16.1. The van der Waals surface area contributed by atoms with Crippen molar-refractivity contribution in [2.24, 2.45) is 11.7 Å². The third kappa shape index (κ3) is 6.92. The van der Waals surface area contributed by atoms with Crippen molar-refractivity contribution in [3.05, 3.63) is 0 Å². The van der Waals surface area contributed by atoms with E-state index in [1.165, 1.54) is 12.8 Å². The fourth-order valence-corrected chi connectivity index (χ4v) is 2.39. The van der Waals surface area contributed by atoms with Gasteiger partial charge in [0, 0.05) is 31.1 Å². The van der Waals surface area contributed by atoms with E-state index >= 15 is 0 Å². The Bertz CT molecular complexity index is 282. The zero-order chi connectivity index (χ0) is 14.5. The molecule has 0 aromatic carbocycles. The first kappa shape index (κ1) is 16.4. The second-order valence-electron chi connectivity index (χ2n) is 6.83. The summed E-state index contributed by atoms with van der Waals surface area (Å²) in [4.78, 5) is 14.5. The summed E-state index contributed by atoms with van der Waals surface area (Å²) in [5.74, 6) is 0.950. The number of amides is 1. The molecule has 1 amide bonds. The second-order valence-corrected chi connectivity index (χ2v) is 6.83. The molecular formula is C15H31N3O. The average molecular weight is 269 g/mol. The summed E-state index contributed by atoms with van der Waals surface area (Å²) in [7, 11) is 0. The summed E-state index contributed by atoms with van der Waals surface area (Å²) < 4.78 is 0. The van der Waals surface area contributed by atoms with Crippen molar-refractivity contribution < 1.29 is 4.79 Å². The second kappa shape index (κ2) is 7.25. The molecule has 1 aliphatic carbocycles. The highest BCUT2D eigenvalue weighted by Crippen LogP contribution is 2.30. The SMILES string of the molecule is CCCN(CC1CC1)C(CN)CC(=O)NC(C)(C)C. The lowest BCUT2D eigenvalue weighted by molar-refractivity contribution is -0.123. The van der Waals surface area contributed by atoms with E-state index in [9.17, 15) is 4.79 Å². The average Bonchev–Trinajstić information content (AvgIpc) is 3.07. The van der Waals surface area contributed by atoms with E-state index in [2.05, 4.69) is 17.1 Å². The molecule has 0 radical (unpaired) electrons. The van der Waals surface area contributed by atoms with Gasteiger partial charge in [-0.15, -0.1) is 0 Å². The molecule has 112 valence electrons. The smallest absolute Gasteiger partial charge is 0.222 e. The molecule has 1 aliphatic rings. The fraction of sp³-hybridized carbons (Fsp3) is 0.933. The van der Waals surface area contributed by atoms with Gasteiger partial charge in [-0.3, -0.25) is 9.69 Å². The Morgan fingerprint density at radius 1 is 1.42 bits per heavy atom.